The molecule has 9 heteroatoms. The highest BCUT2D eigenvalue weighted by atomic mass is 19.4. The van der Waals surface area contributed by atoms with Gasteiger partial charge in [-0.2, -0.15) is 18.3 Å². The molecule has 1 aromatic carbocycles. The van der Waals surface area contributed by atoms with Crippen molar-refractivity contribution < 1.29 is 18.0 Å². The lowest BCUT2D eigenvalue weighted by Gasteiger charge is -2.36. The Balaban J connectivity index is 1.38. The van der Waals surface area contributed by atoms with Crippen molar-refractivity contribution in [2.75, 3.05) is 18.4 Å². The van der Waals surface area contributed by atoms with Gasteiger partial charge in [-0.05, 0) is 50.8 Å². The van der Waals surface area contributed by atoms with Gasteiger partial charge in [-0.25, -0.2) is 9.48 Å². The van der Waals surface area contributed by atoms with Crippen LogP contribution in [0.1, 0.15) is 49.8 Å². The van der Waals surface area contributed by atoms with Gasteiger partial charge < -0.3 is 10.2 Å². The van der Waals surface area contributed by atoms with Gasteiger partial charge in [0.05, 0.1) is 16.9 Å². The van der Waals surface area contributed by atoms with Crippen molar-refractivity contribution in [3.8, 4) is 5.69 Å². The molecule has 4 rings (SSSR count). The monoisotopic (exact) mass is 435 g/mol. The highest BCUT2D eigenvalue weighted by molar-refractivity contribution is 5.89. The maximum atomic E-state index is 13.1. The Kier molecular flexibility index (Phi) is 6.22. The van der Waals surface area contributed by atoms with Crippen molar-refractivity contribution in [1.82, 2.24) is 20.0 Å². The number of amides is 2. The summed E-state index contributed by atoms with van der Waals surface area (Å²) >= 11 is 0. The largest absolute Gasteiger partial charge is 0.416 e. The number of urea groups is 1. The molecule has 0 unspecified atom stereocenters. The topological polar surface area (TPSA) is 62.2 Å². The van der Waals surface area contributed by atoms with Crippen molar-refractivity contribution in [3.63, 3.8) is 0 Å². The molecule has 6 nitrogen and oxygen atoms in total. The third-order valence-corrected chi connectivity index (χ3v) is 6.20. The van der Waals surface area contributed by atoms with Crippen LogP contribution < -0.4 is 10.6 Å². The number of rotatable bonds is 4. The first kappa shape index (κ1) is 21.7. The second-order valence-corrected chi connectivity index (χ2v) is 8.48. The Morgan fingerprint density at radius 3 is 2.48 bits per heavy atom. The number of hydrogen-bond donors (Lipinski definition) is 2. The number of nitrogens with zero attached hydrogens (tertiary/aromatic N) is 3. The quantitative estimate of drug-likeness (QED) is 0.730. The van der Waals surface area contributed by atoms with Crippen molar-refractivity contribution >= 4 is 11.8 Å². The van der Waals surface area contributed by atoms with Gasteiger partial charge in [0.1, 0.15) is 5.82 Å². The van der Waals surface area contributed by atoms with E-state index in [0.717, 1.165) is 38.1 Å². The lowest BCUT2D eigenvalue weighted by molar-refractivity contribution is -0.137. The van der Waals surface area contributed by atoms with E-state index in [0.29, 0.717) is 17.6 Å². The van der Waals surface area contributed by atoms with Gasteiger partial charge in [-0.1, -0.05) is 18.9 Å². The van der Waals surface area contributed by atoms with Crippen molar-refractivity contribution in [1.29, 1.82) is 0 Å². The summed E-state index contributed by atoms with van der Waals surface area (Å²) in [4.78, 5) is 15.1. The van der Waals surface area contributed by atoms with Crippen LogP contribution in [0.4, 0.5) is 23.8 Å². The van der Waals surface area contributed by atoms with E-state index in [2.05, 4.69) is 20.6 Å². The number of anilines is 1. The van der Waals surface area contributed by atoms with E-state index in [-0.39, 0.29) is 17.8 Å². The summed E-state index contributed by atoms with van der Waals surface area (Å²) in [6.45, 7) is 3.69. The molecule has 1 saturated heterocycles. The number of carbonyl (C=O) groups excluding carboxylic acids is 1. The van der Waals surface area contributed by atoms with E-state index in [1.54, 1.807) is 13.0 Å². The Labute approximate surface area is 179 Å². The van der Waals surface area contributed by atoms with E-state index in [1.807, 2.05) is 0 Å². The molecule has 168 valence electrons. The summed E-state index contributed by atoms with van der Waals surface area (Å²) in [6.07, 6.45) is 2.52. The standard InChI is InChI=1S/C22H28F3N5O/c1-15-13-20(30(28-15)19-8-4-5-16(14-19)22(23,24)25)27-21(31)26-17-9-11-29(12-10-17)18-6-2-3-7-18/h4-5,8,13-14,17-18H,2-3,6-7,9-12H2,1H3,(H2,26,27,31). The average molecular weight is 435 g/mol. The van der Waals surface area contributed by atoms with E-state index in [4.69, 9.17) is 0 Å². The second-order valence-electron chi connectivity index (χ2n) is 8.48. The second kappa shape index (κ2) is 8.90. The van der Waals surface area contributed by atoms with Crippen LogP contribution in [-0.2, 0) is 6.18 Å². The number of benzene rings is 1. The van der Waals surface area contributed by atoms with Crippen molar-refractivity contribution in [2.24, 2.45) is 0 Å². The maximum absolute atomic E-state index is 13.1. The van der Waals surface area contributed by atoms with Gasteiger partial charge in [-0.15, -0.1) is 0 Å². The van der Waals surface area contributed by atoms with E-state index in [1.165, 1.54) is 42.5 Å². The molecule has 1 saturated carbocycles. The molecule has 1 aromatic heterocycles. The highest BCUT2D eigenvalue weighted by Crippen LogP contribution is 2.31. The number of carbonyl (C=O) groups is 1. The number of hydrogen-bond acceptors (Lipinski definition) is 3. The van der Waals surface area contributed by atoms with Gasteiger partial charge in [-0.3, -0.25) is 5.32 Å². The number of halogens is 3. The predicted octanol–water partition coefficient (Wildman–Crippen LogP) is 4.73. The molecular weight excluding hydrogens is 407 g/mol. The van der Waals surface area contributed by atoms with Gasteiger partial charge in [0.25, 0.3) is 0 Å². The minimum Gasteiger partial charge on any atom is -0.335 e. The minimum atomic E-state index is -4.45. The number of likely N-dealkylation sites (tertiary alicyclic amines) is 1. The molecule has 2 N–H and O–H groups in total. The first-order chi connectivity index (χ1) is 14.8. The number of nitrogens with one attached hydrogen (secondary N) is 2. The average Bonchev–Trinajstić information content (AvgIpc) is 3.38. The summed E-state index contributed by atoms with van der Waals surface area (Å²) in [7, 11) is 0. The smallest absolute Gasteiger partial charge is 0.335 e. The summed E-state index contributed by atoms with van der Waals surface area (Å²) < 4.78 is 40.5. The molecular formula is C22H28F3N5O. The lowest BCUT2D eigenvalue weighted by Crippen LogP contribution is -2.48. The predicted molar refractivity (Wildman–Crippen MR) is 112 cm³/mol. The van der Waals surface area contributed by atoms with E-state index < -0.39 is 11.7 Å². The van der Waals surface area contributed by atoms with Crippen LogP contribution in [0, 0.1) is 6.92 Å². The van der Waals surface area contributed by atoms with Crippen LogP contribution in [0.5, 0.6) is 0 Å². The van der Waals surface area contributed by atoms with Gasteiger partial charge in [0.2, 0.25) is 0 Å². The number of piperidine rings is 1. The summed E-state index contributed by atoms with van der Waals surface area (Å²) in [5.74, 6) is 0.331. The van der Waals surface area contributed by atoms with Crippen molar-refractivity contribution in [2.45, 2.75) is 63.7 Å². The van der Waals surface area contributed by atoms with Crippen LogP contribution in [-0.4, -0.2) is 45.9 Å². The molecule has 2 heterocycles. The van der Waals surface area contributed by atoms with Gasteiger partial charge in [0.15, 0.2) is 0 Å². The van der Waals surface area contributed by atoms with Crippen LogP contribution in [0.15, 0.2) is 30.3 Å². The zero-order valence-electron chi connectivity index (χ0n) is 17.6. The molecule has 2 fully saturated rings. The first-order valence-corrected chi connectivity index (χ1v) is 10.9. The zero-order valence-corrected chi connectivity index (χ0v) is 17.6. The van der Waals surface area contributed by atoms with Crippen molar-refractivity contribution in [3.05, 3.63) is 41.6 Å². The highest BCUT2D eigenvalue weighted by Gasteiger charge is 2.31. The molecule has 2 aromatic rings. The third-order valence-electron chi connectivity index (χ3n) is 6.20. The Morgan fingerprint density at radius 1 is 1.10 bits per heavy atom. The molecule has 2 amide bonds. The summed E-state index contributed by atoms with van der Waals surface area (Å²) in [5, 5.41) is 10.0. The minimum absolute atomic E-state index is 0.0867. The molecule has 1 aliphatic heterocycles. The Morgan fingerprint density at radius 2 is 1.81 bits per heavy atom. The fraction of sp³-hybridized carbons (Fsp3) is 0.545. The van der Waals surface area contributed by atoms with E-state index >= 15 is 0 Å². The molecule has 0 spiro atoms. The van der Waals surface area contributed by atoms with Gasteiger partial charge >= 0.3 is 12.2 Å². The van der Waals surface area contributed by atoms with Crippen LogP contribution in [0.3, 0.4) is 0 Å². The molecule has 0 atom stereocenters. The molecule has 31 heavy (non-hydrogen) atoms. The number of aryl methyl sites for hydroxylation is 1. The SMILES string of the molecule is Cc1cc(NC(=O)NC2CCN(C3CCCC3)CC2)n(-c2cccc(C(F)(F)F)c2)n1. The fourth-order valence-corrected chi connectivity index (χ4v) is 4.62. The van der Waals surface area contributed by atoms with E-state index in [9.17, 15) is 18.0 Å². The third kappa shape index (κ3) is 5.20. The normalized spacial score (nSPS) is 19.0. The van der Waals surface area contributed by atoms with Gasteiger partial charge in [0, 0.05) is 31.2 Å². The Hall–Kier alpha value is -2.55. The number of alkyl halides is 3. The van der Waals surface area contributed by atoms with Crippen LogP contribution in [0.25, 0.3) is 5.69 Å². The first-order valence-electron chi connectivity index (χ1n) is 10.9. The number of aromatic nitrogens is 2. The zero-order chi connectivity index (χ0) is 22.0. The molecule has 2 aliphatic rings. The maximum Gasteiger partial charge on any atom is 0.416 e. The molecule has 0 radical (unpaired) electrons. The molecule has 0 bridgehead atoms. The Bertz CT molecular complexity index is 912. The summed E-state index contributed by atoms with van der Waals surface area (Å²) in [6, 6.07) is 6.95. The fourth-order valence-electron chi connectivity index (χ4n) is 4.62. The van der Waals surface area contributed by atoms with Crippen LogP contribution >= 0.6 is 0 Å². The van der Waals surface area contributed by atoms with Crippen LogP contribution in [0.2, 0.25) is 0 Å². The molecule has 1 aliphatic carbocycles. The lowest BCUT2D eigenvalue weighted by atomic mass is 10.0. The summed E-state index contributed by atoms with van der Waals surface area (Å²) in [5.41, 5.74) is 0.0725.